The molecule has 1 unspecified atom stereocenters. The smallest absolute Gasteiger partial charge is 0.293 e. The van der Waals surface area contributed by atoms with E-state index in [0.29, 0.717) is 29.7 Å². The SMILES string of the molecule is Cc1cc2cccc(C(=O)NC3CC34CCN(C(=O)c3nc5c(=O)[nH]c6ccccc6n5n3)CC4)c2[nH]1. The van der Waals surface area contributed by atoms with Gasteiger partial charge in [0.1, 0.15) is 0 Å². The van der Waals surface area contributed by atoms with E-state index in [9.17, 15) is 14.4 Å². The number of aryl methyl sites for hydroxylation is 1. The Morgan fingerprint density at radius 3 is 2.73 bits per heavy atom. The van der Waals surface area contributed by atoms with Crippen molar-refractivity contribution in [3.8, 4) is 0 Å². The molecule has 1 atom stereocenters. The molecule has 10 heteroatoms. The number of nitrogens with zero attached hydrogens (tertiary/aromatic N) is 4. The monoisotopic (exact) mass is 495 g/mol. The fraction of sp³-hybridized carbons (Fsp3) is 0.296. The highest BCUT2D eigenvalue weighted by Gasteiger charge is 2.56. The number of benzene rings is 2. The first-order chi connectivity index (χ1) is 17.9. The normalized spacial score (nSPS) is 18.6. The molecular formula is C27H25N7O3. The third-order valence-corrected chi connectivity index (χ3v) is 7.96. The summed E-state index contributed by atoms with van der Waals surface area (Å²) in [5.41, 5.74) is 3.59. The molecule has 3 aromatic heterocycles. The molecule has 7 rings (SSSR count). The minimum atomic E-state index is -0.385. The number of amides is 2. The van der Waals surface area contributed by atoms with Crippen LogP contribution in [-0.2, 0) is 0 Å². The number of rotatable bonds is 3. The van der Waals surface area contributed by atoms with Gasteiger partial charge < -0.3 is 20.2 Å². The molecule has 1 spiro atoms. The first-order valence-electron chi connectivity index (χ1n) is 12.5. The molecule has 2 aromatic carbocycles. The molecule has 1 aliphatic heterocycles. The van der Waals surface area contributed by atoms with Gasteiger partial charge >= 0.3 is 0 Å². The molecule has 0 radical (unpaired) electrons. The fourth-order valence-corrected chi connectivity index (χ4v) is 5.78. The van der Waals surface area contributed by atoms with Crippen molar-refractivity contribution in [3.05, 3.63) is 76.0 Å². The Hall–Kier alpha value is -4.47. The lowest BCUT2D eigenvalue weighted by Crippen LogP contribution is -2.42. The lowest BCUT2D eigenvalue weighted by atomic mass is 9.92. The summed E-state index contributed by atoms with van der Waals surface area (Å²) in [6.45, 7) is 3.10. The summed E-state index contributed by atoms with van der Waals surface area (Å²) in [5, 5.41) is 8.62. The van der Waals surface area contributed by atoms with Crippen LogP contribution in [0.4, 0.5) is 0 Å². The number of aromatic nitrogens is 5. The molecule has 2 amide bonds. The van der Waals surface area contributed by atoms with E-state index in [1.807, 2.05) is 49.4 Å². The number of fused-ring (bicyclic) bond motifs is 4. The van der Waals surface area contributed by atoms with E-state index < -0.39 is 0 Å². The van der Waals surface area contributed by atoms with Gasteiger partial charge in [0.05, 0.1) is 22.1 Å². The van der Waals surface area contributed by atoms with Gasteiger partial charge in [-0.1, -0.05) is 24.3 Å². The summed E-state index contributed by atoms with van der Waals surface area (Å²) in [5.74, 6) is -0.330. The molecule has 5 aromatic rings. The van der Waals surface area contributed by atoms with Gasteiger partial charge in [-0.2, -0.15) is 4.98 Å². The van der Waals surface area contributed by atoms with Gasteiger partial charge in [-0.3, -0.25) is 14.4 Å². The number of para-hydroxylation sites is 3. The molecular weight excluding hydrogens is 470 g/mol. The Bertz CT molecular complexity index is 1790. The Morgan fingerprint density at radius 1 is 1.08 bits per heavy atom. The minimum Gasteiger partial charge on any atom is -0.358 e. The molecule has 2 aliphatic rings. The van der Waals surface area contributed by atoms with Crippen LogP contribution < -0.4 is 10.9 Å². The van der Waals surface area contributed by atoms with Crippen LogP contribution in [0.1, 0.15) is 45.9 Å². The van der Waals surface area contributed by atoms with Gasteiger partial charge in [0.25, 0.3) is 17.4 Å². The van der Waals surface area contributed by atoms with Crippen molar-refractivity contribution in [2.45, 2.75) is 32.2 Å². The van der Waals surface area contributed by atoms with E-state index >= 15 is 0 Å². The zero-order chi connectivity index (χ0) is 25.3. The van der Waals surface area contributed by atoms with E-state index in [0.717, 1.165) is 35.9 Å². The topological polar surface area (TPSA) is 128 Å². The van der Waals surface area contributed by atoms with E-state index in [1.165, 1.54) is 4.52 Å². The summed E-state index contributed by atoms with van der Waals surface area (Å²) in [6, 6.07) is 15.2. The second kappa shape index (κ2) is 7.76. The zero-order valence-corrected chi connectivity index (χ0v) is 20.2. The maximum Gasteiger partial charge on any atom is 0.293 e. The van der Waals surface area contributed by atoms with Crippen LogP contribution in [0.3, 0.4) is 0 Å². The standard InChI is InChI=1S/C27H25N7O3/c1-15-13-16-5-4-6-17(21(16)28-15)24(35)30-20-14-27(20)9-11-33(12-10-27)26(37)22-31-23-25(36)29-18-7-2-3-8-19(18)34(23)32-22/h2-8,13,20,28H,9-12,14H2,1H3,(H,29,36)(H,30,35). The van der Waals surface area contributed by atoms with Crippen molar-refractivity contribution in [1.82, 2.24) is 34.8 Å². The van der Waals surface area contributed by atoms with Crippen LogP contribution in [0, 0.1) is 12.3 Å². The maximum atomic E-state index is 13.2. The number of carbonyl (C=O) groups is 2. The lowest BCUT2D eigenvalue weighted by molar-refractivity contribution is 0.0656. The summed E-state index contributed by atoms with van der Waals surface area (Å²) >= 11 is 0. The highest BCUT2D eigenvalue weighted by molar-refractivity contribution is 6.06. The molecule has 0 bridgehead atoms. The number of H-pyrrole nitrogens is 2. The van der Waals surface area contributed by atoms with Gasteiger partial charge in [-0.15, -0.1) is 5.10 Å². The van der Waals surface area contributed by atoms with Gasteiger partial charge in [0, 0.05) is 30.2 Å². The molecule has 10 nitrogen and oxygen atoms in total. The summed E-state index contributed by atoms with van der Waals surface area (Å²) in [4.78, 5) is 50.8. The highest BCUT2D eigenvalue weighted by Crippen LogP contribution is 2.54. The van der Waals surface area contributed by atoms with Crippen molar-refractivity contribution >= 4 is 39.4 Å². The van der Waals surface area contributed by atoms with Crippen LogP contribution in [0.25, 0.3) is 27.6 Å². The number of hydrogen-bond donors (Lipinski definition) is 3. The second-order valence-corrected chi connectivity index (χ2v) is 10.2. The Kier molecular flexibility index (Phi) is 4.57. The molecule has 2 fully saturated rings. The zero-order valence-electron chi connectivity index (χ0n) is 20.2. The lowest BCUT2D eigenvalue weighted by Gasteiger charge is -2.32. The van der Waals surface area contributed by atoms with Crippen molar-refractivity contribution < 1.29 is 9.59 Å². The fourth-order valence-electron chi connectivity index (χ4n) is 5.78. The number of likely N-dealkylation sites (tertiary alicyclic amines) is 1. The molecule has 1 saturated carbocycles. The maximum absolute atomic E-state index is 13.2. The Labute approximate surface area is 210 Å². The van der Waals surface area contributed by atoms with Crippen molar-refractivity contribution in [2.24, 2.45) is 5.41 Å². The summed E-state index contributed by atoms with van der Waals surface area (Å²) < 4.78 is 1.44. The number of hydrogen-bond acceptors (Lipinski definition) is 5. The van der Waals surface area contributed by atoms with E-state index in [1.54, 1.807) is 11.0 Å². The van der Waals surface area contributed by atoms with Crippen molar-refractivity contribution in [2.75, 3.05) is 13.1 Å². The summed E-state index contributed by atoms with van der Waals surface area (Å²) in [6.07, 6.45) is 2.51. The van der Waals surface area contributed by atoms with Crippen LogP contribution in [0.5, 0.6) is 0 Å². The second-order valence-electron chi connectivity index (χ2n) is 10.2. The van der Waals surface area contributed by atoms with E-state index in [4.69, 9.17) is 0 Å². The molecule has 1 aliphatic carbocycles. The average molecular weight is 496 g/mol. The van der Waals surface area contributed by atoms with Gasteiger partial charge in [-0.05, 0) is 55.9 Å². The van der Waals surface area contributed by atoms with Crippen molar-refractivity contribution in [1.29, 1.82) is 0 Å². The average Bonchev–Trinajstić information content (AvgIpc) is 3.22. The van der Waals surface area contributed by atoms with E-state index in [-0.39, 0.29) is 40.3 Å². The number of piperidine rings is 1. The number of carbonyl (C=O) groups excluding carboxylic acids is 2. The van der Waals surface area contributed by atoms with Gasteiger partial charge in [0.2, 0.25) is 11.5 Å². The highest BCUT2D eigenvalue weighted by atomic mass is 16.2. The van der Waals surface area contributed by atoms with Gasteiger partial charge in [0.15, 0.2) is 0 Å². The predicted molar refractivity (Wildman–Crippen MR) is 138 cm³/mol. The number of nitrogens with one attached hydrogen (secondary N) is 3. The molecule has 3 N–H and O–H groups in total. The van der Waals surface area contributed by atoms with Crippen molar-refractivity contribution in [3.63, 3.8) is 0 Å². The van der Waals surface area contributed by atoms with Crippen LogP contribution in [-0.4, -0.2) is 60.4 Å². The van der Waals surface area contributed by atoms with Crippen LogP contribution in [0.2, 0.25) is 0 Å². The third-order valence-electron chi connectivity index (χ3n) is 7.96. The molecule has 186 valence electrons. The quantitative estimate of drug-likeness (QED) is 0.355. The van der Waals surface area contributed by atoms with E-state index in [2.05, 4.69) is 25.4 Å². The Morgan fingerprint density at radius 2 is 1.89 bits per heavy atom. The number of aromatic amines is 2. The molecule has 1 saturated heterocycles. The van der Waals surface area contributed by atoms with Crippen LogP contribution >= 0.6 is 0 Å². The van der Waals surface area contributed by atoms with Gasteiger partial charge in [-0.25, -0.2) is 4.52 Å². The third kappa shape index (κ3) is 3.43. The first-order valence-corrected chi connectivity index (χ1v) is 12.5. The first kappa shape index (κ1) is 21.8. The van der Waals surface area contributed by atoms with Crippen LogP contribution in [0.15, 0.2) is 53.3 Å². The molecule has 4 heterocycles. The predicted octanol–water partition coefficient (Wildman–Crippen LogP) is 2.79. The molecule has 37 heavy (non-hydrogen) atoms. The minimum absolute atomic E-state index is 0.0195. The summed E-state index contributed by atoms with van der Waals surface area (Å²) in [7, 11) is 0. The largest absolute Gasteiger partial charge is 0.358 e. The Balaban J connectivity index is 1.05.